The number of nitro groups is 1. The molecule has 0 fully saturated rings. The number of rotatable bonds is 7. The predicted octanol–water partition coefficient (Wildman–Crippen LogP) is 2.37. The third-order valence-electron chi connectivity index (χ3n) is 2.74. The van der Waals surface area contributed by atoms with Gasteiger partial charge in [-0.3, -0.25) is 10.1 Å². The summed E-state index contributed by atoms with van der Waals surface area (Å²) >= 11 is 0. The molecule has 0 aliphatic rings. The molecule has 0 saturated carbocycles. The molecule has 0 radical (unpaired) electrons. The zero-order valence-corrected chi connectivity index (χ0v) is 11.9. The van der Waals surface area contributed by atoms with Gasteiger partial charge in [-0.15, -0.1) is 0 Å². The highest BCUT2D eigenvalue weighted by molar-refractivity contribution is 7.89. The minimum atomic E-state index is -3.68. The van der Waals surface area contributed by atoms with E-state index in [4.69, 9.17) is 0 Å². The van der Waals surface area contributed by atoms with E-state index in [0.717, 1.165) is 25.3 Å². The molecule has 0 spiro atoms. The first-order valence-electron chi connectivity index (χ1n) is 6.13. The number of hydrogen-bond acceptors (Lipinski definition) is 4. The molecule has 0 atom stereocenters. The fourth-order valence-corrected chi connectivity index (χ4v) is 2.99. The Morgan fingerprint density at radius 2 is 2.00 bits per heavy atom. The third-order valence-corrected chi connectivity index (χ3v) is 4.35. The molecule has 1 N–H and O–H groups in total. The molecule has 0 bridgehead atoms. The van der Waals surface area contributed by atoms with Gasteiger partial charge < -0.3 is 0 Å². The zero-order valence-electron chi connectivity index (χ0n) is 11.0. The van der Waals surface area contributed by atoms with Crippen molar-refractivity contribution in [1.29, 1.82) is 0 Å². The van der Waals surface area contributed by atoms with Crippen molar-refractivity contribution < 1.29 is 13.3 Å². The Hall–Kier alpha value is -1.47. The Balaban J connectivity index is 2.94. The van der Waals surface area contributed by atoms with E-state index in [2.05, 4.69) is 4.72 Å². The Morgan fingerprint density at radius 3 is 2.58 bits per heavy atom. The van der Waals surface area contributed by atoms with E-state index in [-0.39, 0.29) is 10.6 Å². The number of nitrogens with zero attached hydrogens (tertiary/aromatic N) is 1. The lowest BCUT2D eigenvalue weighted by atomic mass is 10.2. The van der Waals surface area contributed by atoms with E-state index >= 15 is 0 Å². The van der Waals surface area contributed by atoms with Gasteiger partial charge in [-0.1, -0.05) is 25.8 Å². The second kappa shape index (κ2) is 6.63. The lowest BCUT2D eigenvalue weighted by molar-refractivity contribution is -0.385. The number of benzene rings is 1. The number of aryl methyl sites for hydroxylation is 1. The third kappa shape index (κ3) is 4.29. The molecule has 7 heteroatoms. The molecule has 0 aliphatic carbocycles. The first-order valence-corrected chi connectivity index (χ1v) is 7.61. The first-order chi connectivity index (χ1) is 8.88. The van der Waals surface area contributed by atoms with Crippen molar-refractivity contribution in [1.82, 2.24) is 4.72 Å². The summed E-state index contributed by atoms with van der Waals surface area (Å²) in [5.74, 6) is 0. The van der Waals surface area contributed by atoms with Crippen LogP contribution in [0.1, 0.15) is 31.7 Å². The average molecular weight is 286 g/mol. The molecule has 0 aromatic heterocycles. The fraction of sp³-hybridized carbons (Fsp3) is 0.500. The van der Waals surface area contributed by atoms with Crippen LogP contribution in [0.25, 0.3) is 0 Å². The molecule has 1 aromatic carbocycles. The van der Waals surface area contributed by atoms with Gasteiger partial charge in [0, 0.05) is 18.7 Å². The topological polar surface area (TPSA) is 89.3 Å². The van der Waals surface area contributed by atoms with Gasteiger partial charge in [-0.05, 0) is 18.9 Å². The molecule has 19 heavy (non-hydrogen) atoms. The summed E-state index contributed by atoms with van der Waals surface area (Å²) in [5.41, 5.74) is 0.271. The van der Waals surface area contributed by atoms with Crippen molar-refractivity contribution in [3.05, 3.63) is 33.9 Å². The lowest BCUT2D eigenvalue weighted by Gasteiger charge is -2.08. The maximum absolute atomic E-state index is 12.1. The summed E-state index contributed by atoms with van der Waals surface area (Å²) in [4.78, 5) is 10.0. The minimum absolute atomic E-state index is 0.0294. The van der Waals surface area contributed by atoms with E-state index < -0.39 is 14.9 Å². The lowest BCUT2D eigenvalue weighted by Crippen LogP contribution is -2.25. The van der Waals surface area contributed by atoms with Crippen molar-refractivity contribution in [3.8, 4) is 0 Å². The quantitative estimate of drug-likeness (QED) is 0.473. The highest BCUT2D eigenvalue weighted by Crippen LogP contribution is 2.21. The highest BCUT2D eigenvalue weighted by atomic mass is 32.2. The molecule has 0 amide bonds. The summed E-state index contributed by atoms with van der Waals surface area (Å²) in [6, 6.07) is 3.83. The Kier molecular flexibility index (Phi) is 5.44. The SMILES string of the molecule is CCCCCNS(=O)(=O)c1cc([N+](=O)[O-])ccc1C. The number of hydrogen-bond donors (Lipinski definition) is 1. The Morgan fingerprint density at radius 1 is 1.32 bits per heavy atom. The van der Waals surface area contributed by atoms with Crippen LogP contribution in [0.3, 0.4) is 0 Å². The van der Waals surface area contributed by atoms with Gasteiger partial charge in [0.15, 0.2) is 0 Å². The average Bonchev–Trinajstić information content (AvgIpc) is 2.34. The van der Waals surface area contributed by atoms with Gasteiger partial charge in [-0.25, -0.2) is 13.1 Å². The van der Waals surface area contributed by atoms with Crippen LogP contribution in [-0.2, 0) is 10.0 Å². The minimum Gasteiger partial charge on any atom is -0.258 e. The zero-order chi connectivity index (χ0) is 14.5. The van der Waals surface area contributed by atoms with Crippen LogP contribution in [0.2, 0.25) is 0 Å². The van der Waals surface area contributed by atoms with Gasteiger partial charge in [0.05, 0.1) is 9.82 Å². The van der Waals surface area contributed by atoms with Crippen molar-refractivity contribution in [2.75, 3.05) is 6.54 Å². The maximum Gasteiger partial charge on any atom is 0.270 e. The standard InChI is InChI=1S/C12H18N2O4S/c1-3-4-5-8-13-19(17,18)12-9-11(14(15)16)7-6-10(12)2/h6-7,9,13H,3-5,8H2,1-2H3. The largest absolute Gasteiger partial charge is 0.270 e. The summed E-state index contributed by atoms with van der Waals surface area (Å²) in [6.45, 7) is 3.99. The Labute approximate surface area is 113 Å². The molecule has 106 valence electrons. The van der Waals surface area contributed by atoms with E-state index in [0.29, 0.717) is 12.1 Å². The van der Waals surface area contributed by atoms with E-state index in [1.807, 2.05) is 6.92 Å². The van der Waals surface area contributed by atoms with Crippen LogP contribution in [-0.4, -0.2) is 19.9 Å². The van der Waals surface area contributed by atoms with Gasteiger partial charge in [0.1, 0.15) is 0 Å². The van der Waals surface area contributed by atoms with Gasteiger partial charge in [0.2, 0.25) is 10.0 Å². The fourth-order valence-electron chi connectivity index (χ4n) is 1.65. The van der Waals surface area contributed by atoms with Gasteiger partial charge in [0.25, 0.3) is 5.69 Å². The number of non-ortho nitro benzene ring substituents is 1. The summed E-state index contributed by atoms with van der Waals surface area (Å²) in [6.07, 6.45) is 2.69. The smallest absolute Gasteiger partial charge is 0.258 e. The Bertz CT molecular complexity index is 555. The molecule has 1 aromatic rings. The second-order valence-electron chi connectivity index (χ2n) is 4.31. The van der Waals surface area contributed by atoms with Gasteiger partial charge in [-0.2, -0.15) is 0 Å². The molecule has 1 rings (SSSR count). The summed E-state index contributed by atoms with van der Waals surface area (Å²) in [7, 11) is -3.68. The number of sulfonamides is 1. The van der Waals surface area contributed by atoms with Crippen LogP contribution in [0.4, 0.5) is 5.69 Å². The van der Waals surface area contributed by atoms with Crippen LogP contribution >= 0.6 is 0 Å². The van der Waals surface area contributed by atoms with Crippen LogP contribution < -0.4 is 4.72 Å². The summed E-state index contributed by atoms with van der Waals surface area (Å²) < 4.78 is 26.6. The number of nitro benzene ring substituents is 1. The molecule has 0 heterocycles. The highest BCUT2D eigenvalue weighted by Gasteiger charge is 2.19. The van der Waals surface area contributed by atoms with Crippen molar-refractivity contribution in [2.45, 2.75) is 38.0 Å². The second-order valence-corrected chi connectivity index (χ2v) is 6.05. The number of unbranched alkanes of at least 4 members (excludes halogenated alkanes) is 2. The van der Waals surface area contributed by atoms with Crippen LogP contribution in [0, 0.1) is 17.0 Å². The van der Waals surface area contributed by atoms with Crippen molar-refractivity contribution in [2.24, 2.45) is 0 Å². The molecule has 0 aliphatic heterocycles. The molecule has 0 unspecified atom stereocenters. The van der Waals surface area contributed by atoms with E-state index in [1.54, 1.807) is 6.92 Å². The predicted molar refractivity (Wildman–Crippen MR) is 72.5 cm³/mol. The first kappa shape index (κ1) is 15.6. The summed E-state index contributed by atoms with van der Waals surface area (Å²) in [5, 5.41) is 10.7. The molecular weight excluding hydrogens is 268 g/mol. The van der Waals surface area contributed by atoms with Crippen LogP contribution in [0.15, 0.2) is 23.1 Å². The van der Waals surface area contributed by atoms with E-state index in [1.165, 1.54) is 12.1 Å². The maximum atomic E-state index is 12.1. The molecular formula is C12H18N2O4S. The normalized spacial score (nSPS) is 11.5. The van der Waals surface area contributed by atoms with Crippen molar-refractivity contribution in [3.63, 3.8) is 0 Å². The molecule has 6 nitrogen and oxygen atoms in total. The molecule has 0 saturated heterocycles. The van der Waals surface area contributed by atoms with Crippen molar-refractivity contribution >= 4 is 15.7 Å². The van der Waals surface area contributed by atoms with Gasteiger partial charge >= 0.3 is 0 Å². The number of nitrogens with one attached hydrogen (secondary N) is 1. The van der Waals surface area contributed by atoms with Crippen LogP contribution in [0.5, 0.6) is 0 Å². The monoisotopic (exact) mass is 286 g/mol. The van der Waals surface area contributed by atoms with E-state index in [9.17, 15) is 18.5 Å².